The van der Waals surface area contributed by atoms with E-state index in [0.29, 0.717) is 19.3 Å². The van der Waals surface area contributed by atoms with Gasteiger partial charge in [0.1, 0.15) is 13.2 Å². The summed E-state index contributed by atoms with van der Waals surface area (Å²) in [6.07, 6.45) is 77.1. The SMILES string of the molecule is CC/C=C/C/C=C/C/C=C/C/C=C/C/C=C/CCCCCC(=O)OCC(COC(=O)CC/C=C/C/C=C/CCCCCCCC)OC(=O)CCC/C=C/C/C=C/C/C=C/C/C=C/C/C=C/CC. The average molecular weight is 923 g/mol. The highest BCUT2D eigenvalue weighted by atomic mass is 16.6. The van der Waals surface area contributed by atoms with Gasteiger partial charge >= 0.3 is 17.9 Å². The van der Waals surface area contributed by atoms with Gasteiger partial charge in [0, 0.05) is 19.3 Å². The van der Waals surface area contributed by atoms with Crippen molar-refractivity contribution in [1.82, 2.24) is 0 Å². The van der Waals surface area contributed by atoms with E-state index in [-0.39, 0.29) is 38.0 Å². The molecule has 0 bridgehead atoms. The molecule has 6 heteroatoms. The van der Waals surface area contributed by atoms with Crippen LogP contribution in [0.1, 0.15) is 201 Å². The number of carbonyl (C=O) groups is 3. The van der Waals surface area contributed by atoms with Gasteiger partial charge in [0.05, 0.1) is 0 Å². The minimum Gasteiger partial charge on any atom is -0.462 e. The molecule has 67 heavy (non-hydrogen) atoms. The molecule has 0 aliphatic carbocycles. The molecule has 0 spiro atoms. The molecule has 0 amide bonds. The molecule has 0 N–H and O–H groups in total. The molecular weight excluding hydrogens is 829 g/mol. The molecule has 0 aromatic rings. The van der Waals surface area contributed by atoms with E-state index in [9.17, 15) is 14.4 Å². The fraction of sp³-hybridized carbons (Fsp3) is 0.557. The Morgan fingerprint density at radius 1 is 0.313 bits per heavy atom. The molecule has 1 atom stereocenters. The van der Waals surface area contributed by atoms with E-state index in [2.05, 4.69) is 161 Å². The maximum atomic E-state index is 12.8. The summed E-state index contributed by atoms with van der Waals surface area (Å²) in [4.78, 5) is 38.0. The lowest BCUT2D eigenvalue weighted by Gasteiger charge is -2.18. The first-order chi connectivity index (χ1) is 33.0. The standard InChI is InChI=1S/C61H94O6/c1-4-7-10-13-16-19-22-25-27-29-30-32-33-36-39-42-45-48-51-54-60(63)66-57-58(56-65-59(62)53-50-47-44-41-38-35-24-21-18-15-12-9-6-3)67-61(64)55-52-49-46-43-40-37-34-31-28-26-23-20-17-14-11-8-5-2/h7-8,10-11,16-17,19-20,25-28,30,32,34-39,43-44,46-47,58H,4-6,9,12-15,18,21-24,29,31,33,40-42,45,48-57H2,1-3H3/b10-7+,11-8+,19-16+,20-17+,27-25+,28-26+,32-30+,37-34+,38-35+,39-36+,46-43+,47-44+. The minimum absolute atomic E-state index is 0.141. The van der Waals surface area contributed by atoms with Gasteiger partial charge in [0.15, 0.2) is 6.10 Å². The highest BCUT2D eigenvalue weighted by Gasteiger charge is 2.19. The second-order valence-corrected chi connectivity index (χ2v) is 16.7. The van der Waals surface area contributed by atoms with Crippen LogP contribution in [0.15, 0.2) is 146 Å². The van der Waals surface area contributed by atoms with Crippen molar-refractivity contribution in [2.45, 2.75) is 207 Å². The van der Waals surface area contributed by atoms with Crippen LogP contribution in [0.4, 0.5) is 0 Å². The third kappa shape index (κ3) is 52.1. The normalized spacial score (nSPS) is 13.3. The van der Waals surface area contributed by atoms with Crippen molar-refractivity contribution in [3.8, 4) is 0 Å². The van der Waals surface area contributed by atoms with Crippen LogP contribution in [0, 0.1) is 0 Å². The second kappa shape index (κ2) is 53.9. The van der Waals surface area contributed by atoms with Crippen LogP contribution in [-0.2, 0) is 28.6 Å². The predicted molar refractivity (Wildman–Crippen MR) is 288 cm³/mol. The predicted octanol–water partition coefficient (Wildman–Crippen LogP) is 17.6. The monoisotopic (exact) mass is 923 g/mol. The summed E-state index contributed by atoms with van der Waals surface area (Å²) in [7, 11) is 0. The molecule has 0 rings (SSSR count). The maximum Gasteiger partial charge on any atom is 0.306 e. The van der Waals surface area contributed by atoms with Gasteiger partial charge in [-0.05, 0) is 122 Å². The Labute approximate surface area is 410 Å². The first kappa shape index (κ1) is 62.3. The van der Waals surface area contributed by atoms with Crippen LogP contribution in [0.3, 0.4) is 0 Å². The molecule has 374 valence electrons. The molecule has 0 aliphatic heterocycles. The van der Waals surface area contributed by atoms with Gasteiger partial charge in [-0.3, -0.25) is 14.4 Å². The van der Waals surface area contributed by atoms with Gasteiger partial charge in [0.2, 0.25) is 0 Å². The minimum atomic E-state index is -0.850. The number of hydrogen-bond donors (Lipinski definition) is 0. The summed E-state index contributed by atoms with van der Waals surface area (Å²) in [6, 6.07) is 0. The zero-order valence-electron chi connectivity index (χ0n) is 42.6. The molecule has 0 aliphatic rings. The first-order valence-corrected chi connectivity index (χ1v) is 26.3. The zero-order chi connectivity index (χ0) is 48.6. The van der Waals surface area contributed by atoms with Gasteiger partial charge in [0.25, 0.3) is 0 Å². The van der Waals surface area contributed by atoms with Gasteiger partial charge in [-0.2, -0.15) is 0 Å². The Balaban J connectivity index is 4.62. The van der Waals surface area contributed by atoms with E-state index in [1.165, 1.54) is 38.5 Å². The molecule has 0 fully saturated rings. The van der Waals surface area contributed by atoms with Crippen molar-refractivity contribution in [2.24, 2.45) is 0 Å². The molecule has 6 nitrogen and oxygen atoms in total. The third-order valence-corrected chi connectivity index (χ3v) is 10.3. The van der Waals surface area contributed by atoms with Crippen molar-refractivity contribution < 1.29 is 28.6 Å². The van der Waals surface area contributed by atoms with Crippen molar-refractivity contribution in [2.75, 3.05) is 13.2 Å². The fourth-order valence-corrected chi connectivity index (χ4v) is 6.44. The number of esters is 3. The third-order valence-electron chi connectivity index (χ3n) is 10.3. The molecule has 0 saturated carbocycles. The van der Waals surface area contributed by atoms with E-state index < -0.39 is 12.1 Å². The molecule has 1 unspecified atom stereocenters. The average Bonchev–Trinajstić information content (AvgIpc) is 3.33. The molecular formula is C61H94O6. The first-order valence-electron chi connectivity index (χ1n) is 26.3. The molecule has 0 radical (unpaired) electrons. The number of rotatable bonds is 45. The quantitative estimate of drug-likeness (QED) is 0.0262. The maximum absolute atomic E-state index is 12.8. The van der Waals surface area contributed by atoms with Crippen LogP contribution in [0.5, 0.6) is 0 Å². The second-order valence-electron chi connectivity index (χ2n) is 16.7. The topological polar surface area (TPSA) is 78.9 Å². The number of hydrogen-bond acceptors (Lipinski definition) is 6. The largest absolute Gasteiger partial charge is 0.462 e. The fourth-order valence-electron chi connectivity index (χ4n) is 6.44. The van der Waals surface area contributed by atoms with Crippen LogP contribution in [-0.4, -0.2) is 37.2 Å². The van der Waals surface area contributed by atoms with Crippen LogP contribution < -0.4 is 0 Å². The number of unbranched alkanes of at least 4 members (excludes halogenated alkanes) is 10. The smallest absolute Gasteiger partial charge is 0.306 e. The highest BCUT2D eigenvalue weighted by molar-refractivity contribution is 5.71. The van der Waals surface area contributed by atoms with Crippen molar-refractivity contribution >= 4 is 17.9 Å². The summed E-state index contributed by atoms with van der Waals surface area (Å²) < 4.78 is 16.7. The van der Waals surface area contributed by atoms with Crippen molar-refractivity contribution in [3.63, 3.8) is 0 Å². The van der Waals surface area contributed by atoms with Crippen LogP contribution in [0.2, 0.25) is 0 Å². The van der Waals surface area contributed by atoms with Crippen molar-refractivity contribution in [1.29, 1.82) is 0 Å². The summed E-state index contributed by atoms with van der Waals surface area (Å²) >= 11 is 0. The number of carbonyl (C=O) groups excluding carboxylic acids is 3. The molecule has 0 saturated heterocycles. The summed E-state index contributed by atoms with van der Waals surface area (Å²) in [5, 5.41) is 0. The Hall–Kier alpha value is -4.71. The summed E-state index contributed by atoms with van der Waals surface area (Å²) in [5.74, 6) is -1.11. The molecule has 0 aromatic carbocycles. The lowest BCUT2D eigenvalue weighted by molar-refractivity contribution is -0.166. The van der Waals surface area contributed by atoms with E-state index >= 15 is 0 Å². The van der Waals surface area contributed by atoms with Crippen LogP contribution in [0.25, 0.3) is 0 Å². The number of ether oxygens (including phenoxy) is 3. The summed E-state index contributed by atoms with van der Waals surface area (Å²) in [6.45, 7) is 6.25. The Morgan fingerprint density at radius 2 is 0.627 bits per heavy atom. The Bertz CT molecular complexity index is 1530. The lowest BCUT2D eigenvalue weighted by atomic mass is 10.1. The highest BCUT2D eigenvalue weighted by Crippen LogP contribution is 2.10. The lowest BCUT2D eigenvalue weighted by Crippen LogP contribution is -2.30. The number of allylic oxidation sites excluding steroid dienone is 24. The van der Waals surface area contributed by atoms with Gasteiger partial charge in [-0.1, -0.05) is 205 Å². The van der Waals surface area contributed by atoms with Gasteiger partial charge < -0.3 is 14.2 Å². The van der Waals surface area contributed by atoms with Gasteiger partial charge in [-0.15, -0.1) is 0 Å². The van der Waals surface area contributed by atoms with Crippen LogP contribution >= 0.6 is 0 Å². The Morgan fingerprint density at radius 3 is 1.04 bits per heavy atom. The zero-order valence-corrected chi connectivity index (χ0v) is 42.6. The van der Waals surface area contributed by atoms with E-state index in [1.54, 1.807) is 0 Å². The van der Waals surface area contributed by atoms with E-state index in [4.69, 9.17) is 14.2 Å². The van der Waals surface area contributed by atoms with Gasteiger partial charge in [-0.25, -0.2) is 0 Å². The van der Waals surface area contributed by atoms with E-state index in [1.807, 2.05) is 6.08 Å². The molecule has 0 heterocycles. The summed E-state index contributed by atoms with van der Waals surface area (Å²) in [5.41, 5.74) is 0. The van der Waals surface area contributed by atoms with Crippen molar-refractivity contribution in [3.05, 3.63) is 146 Å². The van der Waals surface area contributed by atoms with E-state index in [0.717, 1.165) is 109 Å². The Kier molecular flexibility index (Phi) is 50.1. The molecule has 0 aromatic heterocycles.